The van der Waals surface area contributed by atoms with Gasteiger partial charge in [-0.2, -0.15) is 0 Å². The van der Waals surface area contributed by atoms with Crippen LogP contribution in [0.15, 0.2) is 47.2 Å². The zero-order chi connectivity index (χ0) is 20.8. The molecule has 0 radical (unpaired) electrons. The number of amides is 1. The number of hydrogen-bond donors (Lipinski definition) is 1. The van der Waals surface area contributed by atoms with Crippen LogP contribution in [0.25, 0.3) is 22.3 Å². The molecule has 0 bridgehead atoms. The second-order valence-corrected chi connectivity index (χ2v) is 7.58. The normalized spacial score (nSPS) is 15.0. The largest absolute Gasteiger partial charge is 0.449 e. The molecule has 0 spiro atoms. The lowest BCUT2D eigenvalue weighted by molar-refractivity contribution is 0.0998. The Hall–Kier alpha value is -3.52. The number of furan rings is 1. The standard InChI is InChI=1S/C22H20FN5O2/c1-13-11-28-12-15(9-16(23)21(28)24-13)25-22(29)20-10-18-19(30-20)4-3-17(26-18)14-5-7-27(2)8-6-14/h3-5,9-12H,6-8H2,1-2H3,(H,25,29). The molecule has 5 heterocycles. The SMILES string of the molecule is Cc1cn2cc(NC(=O)c3cc4nc(C5=CCN(C)CC5)ccc4o3)cc(F)c2n1. The van der Waals surface area contributed by atoms with Crippen molar-refractivity contribution in [2.75, 3.05) is 25.5 Å². The Morgan fingerprint density at radius 1 is 1.23 bits per heavy atom. The van der Waals surface area contributed by atoms with Gasteiger partial charge >= 0.3 is 0 Å². The molecule has 1 aliphatic heterocycles. The lowest BCUT2D eigenvalue weighted by Crippen LogP contribution is -2.23. The van der Waals surface area contributed by atoms with E-state index in [2.05, 4.69) is 33.3 Å². The van der Waals surface area contributed by atoms with Crippen LogP contribution in [-0.4, -0.2) is 45.3 Å². The summed E-state index contributed by atoms with van der Waals surface area (Å²) in [6.07, 6.45) is 6.41. The van der Waals surface area contributed by atoms with Gasteiger partial charge in [-0.3, -0.25) is 4.79 Å². The number of nitrogens with zero attached hydrogens (tertiary/aromatic N) is 4. The highest BCUT2D eigenvalue weighted by Gasteiger charge is 2.17. The fraction of sp³-hybridized carbons (Fsp3) is 0.227. The van der Waals surface area contributed by atoms with E-state index in [4.69, 9.17) is 4.42 Å². The van der Waals surface area contributed by atoms with E-state index in [0.29, 0.717) is 22.5 Å². The number of likely N-dealkylation sites (N-methyl/N-ethyl adjacent to an activating group) is 1. The van der Waals surface area contributed by atoms with Gasteiger partial charge in [-0.15, -0.1) is 0 Å². The van der Waals surface area contributed by atoms with E-state index in [9.17, 15) is 9.18 Å². The van der Waals surface area contributed by atoms with Crippen LogP contribution >= 0.6 is 0 Å². The highest BCUT2D eigenvalue weighted by Crippen LogP contribution is 2.25. The van der Waals surface area contributed by atoms with Crippen molar-refractivity contribution in [1.82, 2.24) is 19.3 Å². The Bertz CT molecular complexity index is 1320. The molecule has 8 heteroatoms. The monoisotopic (exact) mass is 405 g/mol. The summed E-state index contributed by atoms with van der Waals surface area (Å²) >= 11 is 0. The molecule has 4 aromatic rings. The first-order chi connectivity index (χ1) is 14.5. The van der Waals surface area contributed by atoms with Gasteiger partial charge in [0.25, 0.3) is 5.91 Å². The van der Waals surface area contributed by atoms with E-state index in [-0.39, 0.29) is 11.4 Å². The molecule has 0 atom stereocenters. The molecule has 0 saturated carbocycles. The second-order valence-electron chi connectivity index (χ2n) is 7.58. The smallest absolute Gasteiger partial charge is 0.291 e. The molecule has 5 rings (SSSR count). The predicted molar refractivity (Wildman–Crippen MR) is 112 cm³/mol. The molecule has 1 N–H and O–H groups in total. The van der Waals surface area contributed by atoms with Gasteiger partial charge in [-0.1, -0.05) is 6.08 Å². The molecule has 152 valence electrons. The Morgan fingerprint density at radius 2 is 2.10 bits per heavy atom. The van der Waals surface area contributed by atoms with Crippen molar-refractivity contribution in [2.24, 2.45) is 0 Å². The number of pyridine rings is 2. The van der Waals surface area contributed by atoms with Crippen molar-refractivity contribution < 1.29 is 13.6 Å². The number of hydrogen-bond acceptors (Lipinski definition) is 5. The average Bonchev–Trinajstić information content (AvgIpc) is 3.31. The molecule has 0 fully saturated rings. The van der Waals surface area contributed by atoms with Crippen LogP contribution in [0.3, 0.4) is 0 Å². The van der Waals surface area contributed by atoms with Gasteiger partial charge in [0.1, 0.15) is 5.52 Å². The highest BCUT2D eigenvalue weighted by molar-refractivity contribution is 6.04. The summed E-state index contributed by atoms with van der Waals surface area (Å²) in [6, 6.07) is 6.59. The van der Waals surface area contributed by atoms with Crippen molar-refractivity contribution in [3.8, 4) is 0 Å². The second kappa shape index (κ2) is 7.07. The van der Waals surface area contributed by atoms with Crippen LogP contribution in [0.4, 0.5) is 10.1 Å². The molecule has 0 unspecified atom stereocenters. The number of aryl methyl sites for hydroxylation is 1. The molecule has 1 aliphatic rings. The van der Waals surface area contributed by atoms with Crippen LogP contribution < -0.4 is 5.32 Å². The molecule has 0 aliphatic carbocycles. The molecule has 30 heavy (non-hydrogen) atoms. The maximum atomic E-state index is 14.2. The third-order valence-electron chi connectivity index (χ3n) is 5.22. The number of fused-ring (bicyclic) bond motifs is 2. The van der Waals surface area contributed by atoms with Gasteiger partial charge in [-0.05, 0) is 38.1 Å². The first-order valence-electron chi connectivity index (χ1n) is 9.71. The molecule has 7 nitrogen and oxygen atoms in total. The third-order valence-corrected chi connectivity index (χ3v) is 5.22. The maximum Gasteiger partial charge on any atom is 0.291 e. The minimum absolute atomic E-state index is 0.120. The average molecular weight is 405 g/mol. The quantitative estimate of drug-likeness (QED) is 0.560. The summed E-state index contributed by atoms with van der Waals surface area (Å²) in [5, 5.41) is 2.68. The van der Waals surface area contributed by atoms with E-state index in [1.807, 2.05) is 12.1 Å². The van der Waals surface area contributed by atoms with Crippen molar-refractivity contribution in [3.05, 3.63) is 65.7 Å². The minimum Gasteiger partial charge on any atom is -0.449 e. The zero-order valence-electron chi connectivity index (χ0n) is 16.6. The van der Waals surface area contributed by atoms with E-state index < -0.39 is 11.7 Å². The van der Waals surface area contributed by atoms with Gasteiger partial charge in [0.05, 0.1) is 17.1 Å². The highest BCUT2D eigenvalue weighted by atomic mass is 19.1. The van der Waals surface area contributed by atoms with Gasteiger partial charge in [-0.25, -0.2) is 14.4 Å². The van der Waals surface area contributed by atoms with Crippen LogP contribution in [0.5, 0.6) is 0 Å². The minimum atomic E-state index is -0.511. The molecular weight excluding hydrogens is 385 g/mol. The number of aromatic nitrogens is 3. The van der Waals surface area contributed by atoms with E-state index >= 15 is 0 Å². The van der Waals surface area contributed by atoms with Crippen LogP contribution in [-0.2, 0) is 0 Å². The van der Waals surface area contributed by atoms with Gasteiger partial charge in [0.2, 0.25) is 0 Å². The first kappa shape index (κ1) is 18.5. The summed E-state index contributed by atoms with van der Waals surface area (Å²) in [6.45, 7) is 3.66. The van der Waals surface area contributed by atoms with E-state index in [1.54, 1.807) is 29.8 Å². The van der Waals surface area contributed by atoms with Crippen LogP contribution in [0.2, 0.25) is 0 Å². The number of imidazole rings is 1. The Balaban J connectivity index is 1.41. The zero-order valence-corrected chi connectivity index (χ0v) is 16.6. The van der Waals surface area contributed by atoms with Gasteiger partial charge in [0.15, 0.2) is 22.8 Å². The lowest BCUT2D eigenvalue weighted by atomic mass is 10.0. The van der Waals surface area contributed by atoms with Crippen LogP contribution in [0.1, 0.15) is 28.4 Å². The van der Waals surface area contributed by atoms with Crippen molar-refractivity contribution in [2.45, 2.75) is 13.3 Å². The molecule has 0 aromatic carbocycles. The Labute approximate surface area is 171 Å². The fourth-order valence-electron chi connectivity index (χ4n) is 3.66. The van der Waals surface area contributed by atoms with Crippen molar-refractivity contribution in [3.63, 3.8) is 0 Å². The lowest BCUT2D eigenvalue weighted by Gasteiger charge is -2.21. The maximum absolute atomic E-state index is 14.2. The van der Waals surface area contributed by atoms with E-state index in [1.165, 1.54) is 11.6 Å². The first-order valence-corrected chi connectivity index (χ1v) is 9.71. The molecule has 4 aromatic heterocycles. The number of carbonyl (C=O) groups is 1. The fourth-order valence-corrected chi connectivity index (χ4v) is 3.66. The molecule has 0 saturated heterocycles. The predicted octanol–water partition coefficient (Wildman–Crippen LogP) is 3.89. The Morgan fingerprint density at radius 3 is 2.90 bits per heavy atom. The summed E-state index contributed by atoms with van der Waals surface area (Å²) in [5.41, 5.74) is 4.46. The van der Waals surface area contributed by atoms with Crippen LogP contribution in [0, 0.1) is 12.7 Å². The van der Waals surface area contributed by atoms with Crippen molar-refractivity contribution in [1.29, 1.82) is 0 Å². The molecule has 1 amide bonds. The number of anilines is 1. The topological polar surface area (TPSA) is 75.7 Å². The third kappa shape index (κ3) is 3.35. The summed E-state index contributed by atoms with van der Waals surface area (Å²) in [4.78, 5) is 23.7. The molecular formula is C22H20FN5O2. The number of nitrogens with one attached hydrogen (secondary N) is 1. The number of rotatable bonds is 3. The summed E-state index contributed by atoms with van der Waals surface area (Å²) < 4.78 is 21.5. The van der Waals surface area contributed by atoms with Gasteiger partial charge in [0, 0.05) is 37.6 Å². The van der Waals surface area contributed by atoms with Crippen molar-refractivity contribution >= 4 is 33.9 Å². The van der Waals surface area contributed by atoms with E-state index in [0.717, 1.165) is 25.2 Å². The number of halogens is 1. The summed E-state index contributed by atoms with van der Waals surface area (Å²) in [7, 11) is 2.09. The Kier molecular flexibility index (Phi) is 4.36. The summed E-state index contributed by atoms with van der Waals surface area (Å²) in [5.74, 6) is -0.860. The van der Waals surface area contributed by atoms with Gasteiger partial charge < -0.3 is 19.0 Å². The number of carbonyl (C=O) groups excluding carboxylic acids is 1.